The van der Waals surface area contributed by atoms with Crippen LogP contribution in [0.3, 0.4) is 0 Å². The first-order valence-corrected chi connectivity index (χ1v) is 5.99. The lowest BCUT2D eigenvalue weighted by Gasteiger charge is -2.35. The summed E-state index contributed by atoms with van der Waals surface area (Å²) in [6, 6.07) is 7.78. The number of rotatable bonds is 2. The Morgan fingerprint density at radius 1 is 1.47 bits per heavy atom. The molecule has 2 rings (SSSR count). The van der Waals surface area contributed by atoms with Crippen LogP contribution in [0.25, 0.3) is 0 Å². The molecule has 0 saturated carbocycles. The highest BCUT2D eigenvalue weighted by atomic mass is 16.1. The summed E-state index contributed by atoms with van der Waals surface area (Å²) in [6.07, 6.45) is 4.22. The predicted octanol–water partition coefficient (Wildman–Crippen LogP) is 2.42. The summed E-state index contributed by atoms with van der Waals surface area (Å²) in [5.41, 5.74) is 2.82. The molecule has 3 heteroatoms. The molecular weight excluding hydrogens is 212 g/mol. The van der Waals surface area contributed by atoms with Crippen LogP contribution in [0.15, 0.2) is 18.2 Å². The Morgan fingerprint density at radius 2 is 2.29 bits per heavy atom. The summed E-state index contributed by atoms with van der Waals surface area (Å²) in [4.78, 5) is 13.2. The summed E-state index contributed by atoms with van der Waals surface area (Å²) in [7, 11) is 0. The minimum Gasteiger partial charge on any atom is -0.362 e. The van der Waals surface area contributed by atoms with Crippen LogP contribution in [0.2, 0.25) is 0 Å². The first kappa shape index (κ1) is 11.7. The maximum atomic E-state index is 11.1. The first-order chi connectivity index (χ1) is 8.26. The molecule has 0 N–H and O–H groups in total. The number of aldehydes is 1. The van der Waals surface area contributed by atoms with E-state index < -0.39 is 0 Å². The second-order valence-electron chi connectivity index (χ2n) is 4.51. The van der Waals surface area contributed by atoms with Gasteiger partial charge in [0.15, 0.2) is 0 Å². The first-order valence-electron chi connectivity index (χ1n) is 5.99. The highest BCUT2D eigenvalue weighted by Crippen LogP contribution is 2.27. The van der Waals surface area contributed by atoms with Crippen molar-refractivity contribution in [1.82, 2.24) is 0 Å². The molecule has 1 atom stereocenters. The maximum Gasteiger partial charge on any atom is 0.142 e. The predicted molar refractivity (Wildman–Crippen MR) is 66.9 cm³/mol. The third kappa shape index (κ3) is 2.31. The standard InChI is InChI=1S/C14H16N2O/c1-11-8-12(9-15)5-6-14(11)16-7-3-2-4-13(16)10-17/h5-6,8,10,13H,2-4,7H2,1H3. The molecule has 0 amide bonds. The van der Waals surface area contributed by atoms with E-state index in [2.05, 4.69) is 11.0 Å². The fourth-order valence-electron chi connectivity index (χ4n) is 2.45. The minimum absolute atomic E-state index is 0.00427. The zero-order chi connectivity index (χ0) is 12.3. The van der Waals surface area contributed by atoms with Crippen molar-refractivity contribution in [2.75, 3.05) is 11.4 Å². The number of anilines is 1. The van der Waals surface area contributed by atoms with Gasteiger partial charge in [-0.15, -0.1) is 0 Å². The number of hydrogen-bond acceptors (Lipinski definition) is 3. The van der Waals surface area contributed by atoms with Gasteiger partial charge >= 0.3 is 0 Å². The second kappa shape index (κ2) is 5.01. The van der Waals surface area contributed by atoms with Gasteiger partial charge in [0.25, 0.3) is 0 Å². The zero-order valence-electron chi connectivity index (χ0n) is 10.0. The van der Waals surface area contributed by atoms with Gasteiger partial charge in [0.05, 0.1) is 17.7 Å². The number of nitriles is 1. The molecule has 0 aromatic heterocycles. The van der Waals surface area contributed by atoms with E-state index in [1.54, 1.807) is 0 Å². The van der Waals surface area contributed by atoms with E-state index in [0.717, 1.165) is 43.3 Å². The molecule has 88 valence electrons. The lowest BCUT2D eigenvalue weighted by atomic mass is 10.0. The molecule has 1 aliphatic rings. The van der Waals surface area contributed by atoms with Gasteiger partial charge in [-0.05, 0) is 49.9 Å². The van der Waals surface area contributed by atoms with Crippen LogP contribution >= 0.6 is 0 Å². The van der Waals surface area contributed by atoms with Gasteiger partial charge in [0, 0.05) is 12.2 Å². The molecule has 1 unspecified atom stereocenters. The normalized spacial score (nSPS) is 19.8. The molecular formula is C14H16N2O. The zero-order valence-corrected chi connectivity index (χ0v) is 10.0. The van der Waals surface area contributed by atoms with Crippen LogP contribution < -0.4 is 4.90 Å². The average molecular weight is 228 g/mol. The van der Waals surface area contributed by atoms with E-state index >= 15 is 0 Å². The number of carbonyl (C=O) groups excluding carboxylic acids is 1. The van der Waals surface area contributed by atoms with Crippen LogP contribution in [0, 0.1) is 18.3 Å². The molecule has 1 saturated heterocycles. The lowest BCUT2D eigenvalue weighted by Crippen LogP contribution is -2.40. The highest BCUT2D eigenvalue weighted by Gasteiger charge is 2.23. The third-order valence-electron chi connectivity index (χ3n) is 3.34. The van der Waals surface area contributed by atoms with Gasteiger partial charge in [0.2, 0.25) is 0 Å². The van der Waals surface area contributed by atoms with Gasteiger partial charge in [-0.3, -0.25) is 0 Å². The Kier molecular flexibility index (Phi) is 3.43. The molecule has 1 heterocycles. The fourth-order valence-corrected chi connectivity index (χ4v) is 2.45. The second-order valence-corrected chi connectivity index (χ2v) is 4.51. The van der Waals surface area contributed by atoms with Gasteiger partial charge in [-0.1, -0.05) is 0 Å². The molecule has 3 nitrogen and oxygen atoms in total. The van der Waals surface area contributed by atoms with Crippen LogP contribution in [0.1, 0.15) is 30.4 Å². The average Bonchev–Trinajstić information content (AvgIpc) is 2.38. The van der Waals surface area contributed by atoms with E-state index in [0.29, 0.717) is 5.56 Å². The topological polar surface area (TPSA) is 44.1 Å². The summed E-state index contributed by atoms with van der Waals surface area (Å²) in [5, 5.41) is 8.84. The number of nitrogens with zero attached hydrogens (tertiary/aromatic N) is 2. The smallest absolute Gasteiger partial charge is 0.142 e. The van der Waals surface area contributed by atoms with E-state index in [1.807, 2.05) is 25.1 Å². The van der Waals surface area contributed by atoms with Crippen LogP contribution in [0.5, 0.6) is 0 Å². The van der Waals surface area contributed by atoms with E-state index in [-0.39, 0.29) is 6.04 Å². The summed E-state index contributed by atoms with van der Waals surface area (Å²) in [5.74, 6) is 0. The number of piperidine rings is 1. The van der Waals surface area contributed by atoms with Crippen molar-refractivity contribution >= 4 is 12.0 Å². The molecule has 0 bridgehead atoms. The molecule has 17 heavy (non-hydrogen) atoms. The van der Waals surface area contributed by atoms with Gasteiger partial charge in [0.1, 0.15) is 6.29 Å². The van der Waals surface area contributed by atoms with Crippen molar-refractivity contribution in [1.29, 1.82) is 5.26 Å². The molecule has 1 fully saturated rings. The number of benzene rings is 1. The fraction of sp³-hybridized carbons (Fsp3) is 0.429. The summed E-state index contributed by atoms with van der Waals surface area (Å²) in [6.45, 7) is 2.92. The highest BCUT2D eigenvalue weighted by molar-refractivity contribution is 5.68. The SMILES string of the molecule is Cc1cc(C#N)ccc1N1CCCCC1C=O. The van der Waals surface area contributed by atoms with Crippen LogP contribution in [-0.2, 0) is 4.79 Å². The Balaban J connectivity index is 2.32. The van der Waals surface area contributed by atoms with E-state index in [1.165, 1.54) is 0 Å². The van der Waals surface area contributed by atoms with Crippen molar-refractivity contribution in [2.45, 2.75) is 32.2 Å². The van der Waals surface area contributed by atoms with E-state index in [4.69, 9.17) is 5.26 Å². The third-order valence-corrected chi connectivity index (χ3v) is 3.34. The van der Waals surface area contributed by atoms with Crippen molar-refractivity contribution < 1.29 is 4.79 Å². The van der Waals surface area contributed by atoms with Crippen molar-refractivity contribution in [2.24, 2.45) is 0 Å². The maximum absolute atomic E-state index is 11.1. The van der Waals surface area contributed by atoms with E-state index in [9.17, 15) is 4.79 Å². The molecule has 0 spiro atoms. The quantitative estimate of drug-likeness (QED) is 0.730. The van der Waals surface area contributed by atoms with Crippen molar-refractivity contribution in [3.8, 4) is 6.07 Å². The number of carbonyl (C=O) groups is 1. The van der Waals surface area contributed by atoms with Gasteiger partial charge in [-0.2, -0.15) is 5.26 Å². The van der Waals surface area contributed by atoms with Gasteiger partial charge < -0.3 is 9.69 Å². The number of hydrogen-bond donors (Lipinski definition) is 0. The summed E-state index contributed by atoms with van der Waals surface area (Å²) < 4.78 is 0. The van der Waals surface area contributed by atoms with Crippen LogP contribution in [-0.4, -0.2) is 18.9 Å². The Hall–Kier alpha value is -1.82. The largest absolute Gasteiger partial charge is 0.362 e. The minimum atomic E-state index is -0.00427. The Morgan fingerprint density at radius 3 is 2.94 bits per heavy atom. The molecule has 1 aromatic carbocycles. The molecule has 1 aliphatic heterocycles. The van der Waals surface area contributed by atoms with Gasteiger partial charge in [-0.25, -0.2) is 0 Å². The molecule has 0 radical (unpaired) electrons. The van der Waals surface area contributed by atoms with Crippen molar-refractivity contribution in [3.63, 3.8) is 0 Å². The Bertz CT molecular complexity index is 462. The molecule has 1 aromatic rings. The van der Waals surface area contributed by atoms with Crippen LogP contribution in [0.4, 0.5) is 5.69 Å². The summed E-state index contributed by atoms with van der Waals surface area (Å²) >= 11 is 0. The monoisotopic (exact) mass is 228 g/mol. The molecule has 0 aliphatic carbocycles. The number of aryl methyl sites for hydroxylation is 1. The lowest BCUT2D eigenvalue weighted by molar-refractivity contribution is -0.109. The van der Waals surface area contributed by atoms with Crippen molar-refractivity contribution in [3.05, 3.63) is 29.3 Å². The Labute approximate surface area is 102 Å².